The Labute approximate surface area is 141 Å². The zero-order valence-electron chi connectivity index (χ0n) is 13.9. The van der Waals surface area contributed by atoms with Gasteiger partial charge in [0, 0.05) is 11.3 Å². The molecule has 0 fully saturated rings. The molecule has 126 valence electrons. The topological polar surface area (TPSA) is 83.0 Å². The molecule has 2 aromatic rings. The summed E-state index contributed by atoms with van der Waals surface area (Å²) in [7, 11) is 1.54. The van der Waals surface area contributed by atoms with Gasteiger partial charge in [0.15, 0.2) is 0 Å². The van der Waals surface area contributed by atoms with Crippen molar-refractivity contribution < 1.29 is 14.6 Å². The van der Waals surface area contributed by atoms with E-state index in [1.165, 1.54) is 19.4 Å². The van der Waals surface area contributed by atoms with Crippen molar-refractivity contribution >= 4 is 17.8 Å². The minimum Gasteiger partial charge on any atom is -0.507 e. The van der Waals surface area contributed by atoms with Crippen LogP contribution in [0, 0.1) is 6.92 Å². The van der Waals surface area contributed by atoms with Crippen molar-refractivity contribution in [3.63, 3.8) is 0 Å². The fourth-order valence-corrected chi connectivity index (χ4v) is 2.08. The van der Waals surface area contributed by atoms with Crippen LogP contribution in [-0.4, -0.2) is 30.4 Å². The number of rotatable bonds is 6. The molecule has 1 amide bonds. The van der Waals surface area contributed by atoms with Gasteiger partial charge in [0.2, 0.25) is 0 Å². The highest BCUT2D eigenvalue weighted by molar-refractivity contribution is 5.88. The van der Waals surface area contributed by atoms with Gasteiger partial charge in [-0.2, -0.15) is 5.10 Å². The first-order chi connectivity index (χ1) is 11.5. The number of hydrazone groups is 1. The lowest BCUT2D eigenvalue weighted by Crippen LogP contribution is -2.34. The normalized spacial score (nSPS) is 12.0. The summed E-state index contributed by atoms with van der Waals surface area (Å²) < 4.78 is 5.08. The number of ether oxygens (including phenoxy) is 1. The highest BCUT2D eigenvalue weighted by Gasteiger charge is 2.11. The number of benzene rings is 2. The van der Waals surface area contributed by atoms with E-state index in [0.29, 0.717) is 11.3 Å². The molecule has 6 nitrogen and oxygen atoms in total. The largest absolute Gasteiger partial charge is 0.507 e. The van der Waals surface area contributed by atoms with Crippen LogP contribution in [0.25, 0.3) is 0 Å². The summed E-state index contributed by atoms with van der Waals surface area (Å²) in [5.74, 6) is 0.366. The first kappa shape index (κ1) is 17.3. The van der Waals surface area contributed by atoms with Crippen LogP contribution < -0.4 is 15.5 Å². The molecule has 0 heterocycles. The fraction of sp³-hybridized carbons (Fsp3) is 0.222. The van der Waals surface area contributed by atoms with Crippen molar-refractivity contribution in [2.24, 2.45) is 5.10 Å². The smallest absolute Gasteiger partial charge is 0.262 e. The SMILES string of the molecule is COc1ccc(O)c(C=NNC(=O)C(C)Nc2cccc(C)c2)c1. The van der Waals surface area contributed by atoms with Gasteiger partial charge in [-0.05, 0) is 49.7 Å². The number of carbonyl (C=O) groups excluding carboxylic acids is 1. The lowest BCUT2D eigenvalue weighted by molar-refractivity contribution is -0.121. The van der Waals surface area contributed by atoms with Crippen LogP contribution in [0.5, 0.6) is 11.5 Å². The number of phenols is 1. The third-order valence-electron chi connectivity index (χ3n) is 3.41. The Hall–Kier alpha value is -3.02. The second-order valence-corrected chi connectivity index (χ2v) is 5.39. The first-order valence-electron chi connectivity index (χ1n) is 7.52. The van der Waals surface area contributed by atoms with Crippen LogP contribution in [0.1, 0.15) is 18.1 Å². The van der Waals surface area contributed by atoms with Crippen molar-refractivity contribution in [2.45, 2.75) is 19.9 Å². The summed E-state index contributed by atoms with van der Waals surface area (Å²) in [4.78, 5) is 12.1. The molecule has 0 aliphatic carbocycles. The highest BCUT2D eigenvalue weighted by atomic mass is 16.5. The predicted octanol–water partition coefficient (Wildman–Crippen LogP) is 2.66. The average molecular weight is 327 g/mol. The third-order valence-corrected chi connectivity index (χ3v) is 3.41. The van der Waals surface area contributed by atoms with Crippen molar-refractivity contribution in [3.05, 3.63) is 53.6 Å². The number of hydrogen-bond acceptors (Lipinski definition) is 5. The number of methoxy groups -OCH3 is 1. The molecule has 0 bridgehead atoms. The maximum atomic E-state index is 12.1. The van der Waals surface area contributed by atoms with Crippen LogP contribution in [0.4, 0.5) is 5.69 Å². The molecular formula is C18H21N3O3. The summed E-state index contributed by atoms with van der Waals surface area (Å²) in [6, 6.07) is 12.1. The quantitative estimate of drug-likeness (QED) is 0.563. The van der Waals surface area contributed by atoms with E-state index in [1.54, 1.807) is 19.1 Å². The van der Waals surface area contributed by atoms with Gasteiger partial charge >= 0.3 is 0 Å². The second kappa shape index (κ2) is 8.01. The van der Waals surface area contributed by atoms with E-state index in [1.807, 2.05) is 31.2 Å². The van der Waals surface area contributed by atoms with Crippen molar-refractivity contribution in [1.82, 2.24) is 5.43 Å². The van der Waals surface area contributed by atoms with E-state index in [9.17, 15) is 9.90 Å². The standard InChI is InChI=1S/C18H21N3O3/c1-12-5-4-6-15(9-12)20-13(2)18(23)21-19-11-14-10-16(24-3)7-8-17(14)22/h4-11,13,20,22H,1-3H3,(H,21,23). The van der Waals surface area contributed by atoms with Gasteiger partial charge in [0.25, 0.3) is 5.91 Å². The van der Waals surface area contributed by atoms with E-state index in [-0.39, 0.29) is 11.7 Å². The van der Waals surface area contributed by atoms with Gasteiger partial charge in [0.1, 0.15) is 17.5 Å². The second-order valence-electron chi connectivity index (χ2n) is 5.39. The maximum Gasteiger partial charge on any atom is 0.262 e. The molecule has 0 aromatic heterocycles. The van der Waals surface area contributed by atoms with Crippen molar-refractivity contribution in [2.75, 3.05) is 12.4 Å². The molecule has 0 radical (unpaired) electrons. The maximum absolute atomic E-state index is 12.1. The Morgan fingerprint density at radius 3 is 2.79 bits per heavy atom. The number of anilines is 1. The lowest BCUT2D eigenvalue weighted by atomic mass is 10.2. The minimum atomic E-state index is -0.456. The molecule has 6 heteroatoms. The Morgan fingerprint density at radius 2 is 2.08 bits per heavy atom. The number of amides is 1. The zero-order chi connectivity index (χ0) is 17.5. The molecule has 0 saturated carbocycles. The third kappa shape index (κ3) is 4.74. The fourth-order valence-electron chi connectivity index (χ4n) is 2.08. The van der Waals surface area contributed by atoms with Crippen molar-refractivity contribution in [1.29, 1.82) is 0 Å². The summed E-state index contributed by atoms with van der Waals surface area (Å²) >= 11 is 0. The average Bonchev–Trinajstić information content (AvgIpc) is 2.56. The highest BCUT2D eigenvalue weighted by Crippen LogP contribution is 2.20. The van der Waals surface area contributed by atoms with Gasteiger partial charge in [0.05, 0.1) is 13.3 Å². The van der Waals surface area contributed by atoms with Crippen LogP contribution in [0.2, 0.25) is 0 Å². The lowest BCUT2D eigenvalue weighted by Gasteiger charge is -2.13. The number of nitrogens with one attached hydrogen (secondary N) is 2. The van der Waals surface area contributed by atoms with Gasteiger partial charge < -0.3 is 15.2 Å². The van der Waals surface area contributed by atoms with Gasteiger partial charge in [-0.15, -0.1) is 0 Å². The minimum absolute atomic E-state index is 0.0553. The summed E-state index contributed by atoms with van der Waals surface area (Å²) in [6.45, 7) is 3.73. The number of carbonyl (C=O) groups is 1. The van der Waals surface area contributed by atoms with E-state index in [4.69, 9.17) is 4.74 Å². The van der Waals surface area contributed by atoms with Crippen LogP contribution in [-0.2, 0) is 4.79 Å². The van der Waals surface area contributed by atoms with Crippen LogP contribution in [0.15, 0.2) is 47.6 Å². The molecule has 0 aliphatic heterocycles. The van der Waals surface area contributed by atoms with Gasteiger partial charge in [-0.3, -0.25) is 4.79 Å². The molecule has 1 unspecified atom stereocenters. The molecule has 2 rings (SSSR count). The predicted molar refractivity (Wildman–Crippen MR) is 94.7 cm³/mol. The number of hydrogen-bond donors (Lipinski definition) is 3. The number of aryl methyl sites for hydroxylation is 1. The summed E-state index contributed by atoms with van der Waals surface area (Å²) in [5, 5.41) is 16.7. The van der Waals surface area contributed by atoms with Crippen LogP contribution in [0.3, 0.4) is 0 Å². The Balaban J connectivity index is 1.94. The zero-order valence-corrected chi connectivity index (χ0v) is 13.9. The number of aromatic hydroxyl groups is 1. The van der Waals surface area contributed by atoms with Gasteiger partial charge in [-0.1, -0.05) is 12.1 Å². The molecule has 0 saturated heterocycles. The molecule has 2 aromatic carbocycles. The Bertz CT molecular complexity index is 744. The van der Waals surface area contributed by atoms with Gasteiger partial charge in [-0.25, -0.2) is 5.43 Å². The molecule has 1 atom stereocenters. The molecule has 3 N–H and O–H groups in total. The van der Waals surface area contributed by atoms with Crippen LogP contribution >= 0.6 is 0 Å². The molecule has 0 spiro atoms. The monoisotopic (exact) mass is 327 g/mol. The molecule has 24 heavy (non-hydrogen) atoms. The van der Waals surface area contributed by atoms with E-state index in [2.05, 4.69) is 15.8 Å². The van der Waals surface area contributed by atoms with E-state index in [0.717, 1.165) is 11.3 Å². The van der Waals surface area contributed by atoms with Crippen molar-refractivity contribution in [3.8, 4) is 11.5 Å². The summed E-state index contributed by atoms with van der Waals surface area (Å²) in [5.41, 5.74) is 4.88. The number of phenolic OH excluding ortho intramolecular Hbond substituents is 1. The molecular weight excluding hydrogens is 306 g/mol. The Kier molecular flexibility index (Phi) is 5.78. The van der Waals surface area contributed by atoms with E-state index < -0.39 is 6.04 Å². The van der Waals surface area contributed by atoms with E-state index >= 15 is 0 Å². The summed E-state index contributed by atoms with van der Waals surface area (Å²) in [6.07, 6.45) is 1.37. The molecule has 0 aliphatic rings. The number of nitrogens with zero attached hydrogens (tertiary/aromatic N) is 1. The first-order valence-corrected chi connectivity index (χ1v) is 7.52. The Morgan fingerprint density at radius 1 is 1.29 bits per heavy atom.